The summed E-state index contributed by atoms with van der Waals surface area (Å²) in [5.41, 5.74) is -1.24. The summed E-state index contributed by atoms with van der Waals surface area (Å²) < 4.78 is 41.3. The van der Waals surface area contributed by atoms with Crippen LogP contribution in [0.5, 0.6) is 0 Å². The third-order valence-electron chi connectivity index (χ3n) is 4.72. The third kappa shape index (κ3) is 5.26. The van der Waals surface area contributed by atoms with E-state index in [1.165, 1.54) is 21.7 Å². The van der Waals surface area contributed by atoms with Crippen molar-refractivity contribution in [3.8, 4) is 0 Å². The molecule has 3 rings (SSSR count). The fraction of sp³-hybridized carbons (Fsp3) is 0.227. The van der Waals surface area contributed by atoms with Crippen LogP contribution >= 0.6 is 0 Å². The van der Waals surface area contributed by atoms with Crippen LogP contribution in [0.2, 0.25) is 0 Å². The molecule has 1 heterocycles. The van der Waals surface area contributed by atoms with Crippen LogP contribution in [0.15, 0.2) is 70.4 Å². The van der Waals surface area contributed by atoms with E-state index in [2.05, 4.69) is 5.32 Å². The Morgan fingerprint density at radius 2 is 1.72 bits per heavy atom. The lowest BCUT2D eigenvalue weighted by Gasteiger charge is -2.20. The van der Waals surface area contributed by atoms with Crippen LogP contribution in [-0.4, -0.2) is 29.1 Å². The Morgan fingerprint density at radius 3 is 2.34 bits per heavy atom. The summed E-state index contributed by atoms with van der Waals surface area (Å²) in [6.45, 7) is -0.448. The Kier molecular flexibility index (Phi) is 6.52. The molecule has 0 aliphatic carbocycles. The molecule has 0 radical (unpaired) electrons. The molecule has 0 fully saturated rings. The second kappa shape index (κ2) is 9.13. The SMILES string of the molecule is CN(C)c1ccc(C(F)(F)F)cc1NC(=O)Cn1c(=O)ccn(Cc2ccccc2)c1=O. The minimum atomic E-state index is -4.59. The molecule has 32 heavy (non-hydrogen) atoms. The van der Waals surface area contributed by atoms with Crippen LogP contribution in [0.1, 0.15) is 11.1 Å². The standard InChI is InChI=1S/C22H21F3N4O3/c1-27(2)18-9-8-16(22(23,24)25)12-17(18)26-19(30)14-29-20(31)10-11-28(21(29)32)13-15-6-4-3-5-7-15/h3-12H,13-14H2,1-2H3,(H,26,30). The number of benzene rings is 2. The number of anilines is 2. The van der Waals surface area contributed by atoms with Crippen molar-refractivity contribution >= 4 is 17.3 Å². The molecule has 0 bridgehead atoms. The molecular weight excluding hydrogens is 425 g/mol. The highest BCUT2D eigenvalue weighted by Crippen LogP contribution is 2.34. The number of amides is 1. The molecule has 0 atom stereocenters. The van der Waals surface area contributed by atoms with E-state index in [-0.39, 0.29) is 12.2 Å². The lowest BCUT2D eigenvalue weighted by Crippen LogP contribution is -2.42. The third-order valence-corrected chi connectivity index (χ3v) is 4.72. The van der Waals surface area contributed by atoms with Gasteiger partial charge in [0.2, 0.25) is 5.91 Å². The summed E-state index contributed by atoms with van der Waals surface area (Å²) >= 11 is 0. The molecule has 0 unspecified atom stereocenters. The lowest BCUT2D eigenvalue weighted by molar-refractivity contribution is -0.137. The monoisotopic (exact) mass is 446 g/mol. The van der Waals surface area contributed by atoms with Gasteiger partial charge in [0.05, 0.1) is 23.5 Å². The van der Waals surface area contributed by atoms with Crippen LogP contribution in [0.4, 0.5) is 24.5 Å². The first-order valence-electron chi connectivity index (χ1n) is 9.59. The number of carbonyl (C=O) groups is 1. The molecule has 3 aromatic rings. The summed E-state index contributed by atoms with van der Waals surface area (Å²) in [5.74, 6) is -0.802. The normalized spacial score (nSPS) is 11.3. The molecule has 0 aliphatic heterocycles. The highest BCUT2D eigenvalue weighted by molar-refractivity contribution is 5.94. The van der Waals surface area contributed by atoms with Crippen molar-refractivity contribution in [1.82, 2.24) is 9.13 Å². The van der Waals surface area contributed by atoms with E-state index in [4.69, 9.17) is 0 Å². The van der Waals surface area contributed by atoms with Gasteiger partial charge >= 0.3 is 11.9 Å². The van der Waals surface area contributed by atoms with Gasteiger partial charge < -0.3 is 10.2 Å². The zero-order chi connectivity index (χ0) is 23.5. The number of nitrogens with zero attached hydrogens (tertiary/aromatic N) is 3. The topological polar surface area (TPSA) is 76.3 Å². The Bertz CT molecular complexity index is 1230. The Balaban J connectivity index is 1.87. The van der Waals surface area contributed by atoms with Crippen LogP contribution in [0.25, 0.3) is 0 Å². The van der Waals surface area contributed by atoms with E-state index in [0.29, 0.717) is 5.69 Å². The van der Waals surface area contributed by atoms with Crippen molar-refractivity contribution in [3.05, 3.63) is 92.8 Å². The average molecular weight is 446 g/mol. The molecule has 7 nitrogen and oxygen atoms in total. The van der Waals surface area contributed by atoms with E-state index in [9.17, 15) is 27.6 Å². The predicted molar refractivity (Wildman–Crippen MR) is 115 cm³/mol. The van der Waals surface area contributed by atoms with Gasteiger partial charge in [-0.1, -0.05) is 30.3 Å². The number of alkyl halides is 3. The van der Waals surface area contributed by atoms with Crippen LogP contribution < -0.4 is 21.5 Å². The largest absolute Gasteiger partial charge is 0.416 e. The molecule has 0 spiro atoms. The van der Waals surface area contributed by atoms with Gasteiger partial charge in [-0.25, -0.2) is 4.79 Å². The van der Waals surface area contributed by atoms with Gasteiger partial charge in [0.1, 0.15) is 6.54 Å². The lowest BCUT2D eigenvalue weighted by atomic mass is 10.1. The van der Waals surface area contributed by atoms with E-state index < -0.39 is 35.4 Å². The first-order valence-corrected chi connectivity index (χ1v) is 9.59. The van der Waals surface area contributed by atoms with Gasteiger partial charge in [-0.15, -0.1) is 0 Å². The van der Waals surface area contributed by atoms with Gasteiger partial charge in [-0.3, -0.25) is 18.7 Å². The maximum Gasteiger partial charge on any atom is 0.416 e. The molecule has 0 saturated carbocycles. The maximum atomic E-state index is 13.1. The van der Waals surface area contributed by atoms with Gasteiger partial charge in [0, 0.05) is 26.4 Å². The summed E-state index contributed by atoms with van der Waals surface area (Å²) in [4.78, 5) is 39.0. The van der Waals surface area contributed by atoms with Gasteiger partial charge in [0.25, 0.3) is 5.56 Å². The highest BCUT2D eigenvalue weighted by Gasteiger charge is 2.31. The zero-order valence-corrected chi connectivity index (χ0v) is 17.4. The van der Waals surface area contributed by atoms with Crippen molar-refractivity contribution in [2.24, 2.45) is 0 Å². The first kappa shape index (κ1) is 22.9. The number of rotatable bonds is 6. The Morgan fingerprint density at radius 1 is 1.03 bits per heavy atom. The van der Waals surface area contributed by atoms with E-state index in [1.54, 1.807) is 26.2 Å². The summed E-state index contributed by atoms with van der Waals surface area (Å²) in [7, 11) is 3.23. The number of aromatic nitrogens is 2. The number of hydrogen-bond donors (Lipinski definition) is 1. The van der Waals surface area contributed by atoms with Crippen molar-refractivity contribution in [2.75, 3.05) is 24.3 Å². The number of hydrogen-bond acceptors (Lipinski definition) is 4. The first-order chi connectivity index (χ1) is 15.1. The zero-order valence-electron chi connectivity index (χ0n) is 17.4. The van der Waals surface area contributed by atoms with Crippen molar-refractivity contribution in [2.45, 2.75) is 19.3 Å². The molecule has 1 aromatic heterocycles. The van der Waals surface area contributed by atoms with Crippen LogP contribution in [-0.2, 0) is 24.1 Å². The van der Waals surface area contributed by atoms with Gasteiger partial charge in [-0.2, -0.15) is 13.2 Å². The molecule has 0 aliphatic rings. The van der Waals surface area contributed by atoms with Crippen molar-refractivity contribution < 1.29 is 18.0 Å². The predicted octanol–water partition coefficient (Wildman–Crippen LogP) is 2.78. The number of carbonyl (C=O) groups excluding carboxylic acids is 1. The van der Waals surface area contributed by atoms with E-state index >= 15 is 0 Å². The van der Waals surface area contributed by atoms with Crippen LogP contribution in [0, 0.1) is 0 Å². The van der Waals surface area contributed by atoms with E-state index in [1.807, 2.05) is 18.2 Å². The quantitative estimate of drug-likeness (QED) is 0.632. The van der Waals surface area contributed by atoms with Crippen molar-refractivity contribution in [3.63, 3.8) is 0 Å². The molecule has 10 heteroatoms. The molecule has 1 amide bonds. The average Bonchev–Trinajstić information content (AvgIpc) is 2.73. The Labute approximate surface area is 181 Å². The fourth-order valence-corrected chi connectivity index (χ4v) is 3.14. The van der Waals surface area contributed by atoms with Crippen molar-refractivity contribution in [1.29, 1.82) is 0 Å². The number of halogens is 3. The molecule has 168 valence electrons. The maximum absolute atomic E-state index is 13.1. The minimum absolute atomic E-state index is 0.0802. The number of nitrogens with one attached hydrogen (secondary N) is 1. The molecular formula is C22H21F3N4O3. The highest BCUT2D eigenvalue weighted by atomic mass is 19.4. The summed E-state index contributed by atoms with van der Waals surface area (Å²) in [5, 5.41) is 2.39. The van der Waals surface area contributed by atoms with Crippen LogP contribution in [0.3, 0.4) is 0 Å². The van der Waals surface area contributed by atoms with Gasteiger partial charge in [-0.05, 0) is 23.8 Å². The smallest absolute Gasteiger partial charge is 0.376 e. The molecule has 2 aromatic carbocycles. The minimum Gasteiger partial charge on any atom is -0.376 e. The second-order valence-corrected chi connectivity index (χ2v) is 7.31. The Hall–Kier alpha value is -3.82. The fourth-order valence-electron chi connectivity index (χ4n) is 3.14. The second-order valence-electron chi connectivity index (χ2n) is 7.31. The summed E-state index contributed by atoms with van der Waals surface area (Å²) in [6, 6.07) is 13.2. The molecule has 1 N–H and O–H groups in total. The summed E-state index contributed by atoms with van der Waals surface area (Å²) in [6.07, 6.45) is -3.26. The van der Waals surface area contributed by atoms with E-state index in [0.717, 1.165) is 28.3 Å². The molecule has 0 saturated heterocycles. The van der Waals surface area contributed by atoms with Gasteiger partial charge in [0.15, 0.2) is 0 Å².